The minimum atomic E-state index is -0.0713. The van der Waals surface area contributed by atoms with Gasteiger partial charge in [-0.2, -0.15) is 0 Å². The summed E-state index contributed by atoms with van der Waals surface area (Å²) < 4.78 is 0.971. The molecule has 1 atom stereocenters. The Morgan fingerprint density at radius 2 is 1.88 bits per heavy atom. The van der Waals surface area contributed by atoms with E-state index in [1.54, 1.807) is 6.20 Å². The number of nitrogens with two attached hydrogens (primary N) is 1. The Labute approximate surface area is 104 Å². The summed E-state index contributed by atoms with van der Waals surface area (Å²) in [4.78, 5) is 4.30. The van der Waals surface area contributed by atoms with Crippen molar-refractivity contribution in [3.8, 4) is 0 Å². The highest BCUT2D eigenvalue weighted by Crippen LogP contribution is 2.21. The maximum absolute atomic E-state index is 6.14. The van der Waals surface area contributed by atoms with Gasteiger partial charge in [0.05, 0.1) is 11.7 Å². The van der Waals surface area contributed by atoms with Gasteiger partial charge in [0.15, 0.2) is 0 Å². The molecule has 1 heterocycles. The molecular formula is C13H13BrN2. The molecule has 2 rings (SSSR count). The van der Waals surface area contributed by atoms with Crippen LogP contribution in [0.4, 0.5) is 0 Å². The summed E-state index contributed by atoms with van der Waals surface area (Å²) in [5.41, 5.74) is 8.27. The predicted molar refractivity (Wildman–Crippen MR) is 69.0 cm³/mol. The molecule has 16 heavy (non-hydrogen) atoms. The monoisotopic (exact) mass is 276 g/mol. The van der Waals surface area contributed by atoms with E-state index in [-0.39, 0.29) is 6.04 Å². The van der Waals surface area contributed by atoms with E-state index < -0.39 is 0 Å². The molecule has 0 bridgehead atoms. The summed E-state index contributed by atoms with van der Waals surface area (Å²) in [6.45, 7) is 0. The molecule has 2 nitrogen and oxygen atoms in total. The number of aromatic nitrogens is 1. The van der Waals surface area contributed by atoms with E-state index in [0.717, 1.165) is 16.6 Å². The number of nitrogens with zero attached hydrogens (tertiary/aromatic N) is 1. The first-order valence-corrected chi connectivity index (χ1v) is 5.96. The fraction of sp³-hybridized carbons (Fsp3) is 0.154. The molecule has 1 aromatic carbocycles. The van der Waals surface area contributed by atoms with Crippen LogP contribution in [-0.2, 0) is 6.42 Å². The van der Waals surface area contributed by atoms with Crippen molar-refractivity contribution >= 4 is 15.9 Å². The SMILES string of the molecule is N[C@H](Cc1ccccc1)c1ncccc1Br. The summed E-state index contributed by atoms with van der Waals surface area (Å²) in [7, 11) is 0. The van der Waals surface area contributed by atoms with Crippen LogP contribution in [0.25, 0.3) is 0 Å². The van der Waals surface area contributed by atoms with Crippen LogP contribution < -0.4 is 5.73 Å². The molecule has 0 radical (unpaired) electrons. The first kappa shape index (κ1) is 11.3. The Kier molecular flexibility index (Phi) is 3.70. The van der Waals surface area contributed by atoms with Crippen molar-refractivity contribution in [3.63, 3.8) is 0 Å². The molecule has 0 fully saturated rings. The zero-order chi connectivity index (χ0) is 11.4. The van der Waals surface area contributed by atoms with Crippen molar-refractivity contribution < 1.29 is 0 Å². The van der Waals surface area contributed by atoms with E-state index in [0.29, 0.717) is 0 Å². The first-order chi connectivity index (χ1) is 7.77. The summed E-state index contributed by atoms with van der Waals surface area (Å²) in [6.07, 6.45) is 2.57. The second-order valence-electron chi connectivity index (χ2n) is 3.67. The smallest absolute Gasteiger partial charge is 0.0716 e. The molecule has 0 saturated carbocycles. The third-order valence-corrected chi connectivity index (χ3v) is 3.11. The highest BCUT2D eigenvalue weighted by molar-refractivity contribution is 9.10. The van der Waals surface area contributed by atoms with Crippen LogP contribution in [0.1, 0.15) is 17.3 Å². The van der Waals surface area contributed by atoms with Gasteiger partial charge in [0.2, 0.25) is 0 Å². The highest BCUT2D eigenvalue weighted by Gasteiger charge is 2.11. The average Bonchev–Trinajstić information content (AvgIpc) is 2.31. The molecule has 82 valence electrons. The molecule has 0 spiro atoms. The van der Waals surface area contributed by atoms with Crippen LogP contribution in [0, 0.1) is 0 Å². The zero-order valence-electron chi connectivity index (χ0n) is 8.81. The van der Waals surface area contributed by atoms with Gasteiger partial charge >= 0.3 is 0 Å². The molecule has 0 aliphatic carbocycles. The lowest BCUT2D eigenvalue weighted by Crippen LogP contribution is -2.15. The van der Waals surface area contributed by atoms with Crippen LogP contribution in [0.5, 0.6) is 0 Å². The number of halogens is 1. The van der Waals surface area contributed by atoms with Crippen molar-refractivity contribution in [2.45, 2.75) is 12.5 Å². The number of pyridine rings is 1. The molecule has 0 aliphatic rings. The van der Waals surface area contributed by atoms with E-state index in [1.807, 2.05) is 30.3 Å². The third-order valence-electron chi connectivity index (χ3n) is 2.44. The van der Waals surface area contributed by atoms with Gasteiger partial charge in [-0.1, -0.05) is 30.3 Å². The molecule has 2 N–H and O–H groups in total. The molecule has 0 amide bonds. The number of benzene rings is 1. The van der Waals surface area contributed by atoms with Crippen molar-refractivity contribution in [2.75, 3.05) is 0 Å². The standard InChI is InChI=1S/C13H13BrN2/c14-11-7-4-8-16-13(11)12(15)9-10-5-2-1-3-6-10/h1-8,12H,9,15H2/t12-/m1/s1. The topological polar surface area (TPSA) is 38.9 Å². The van der Waals surface area contributed by atoms with Crippen molar-refractivity contribution in [2.24, 2.45) is 5.73 Å². The van der Waals surface area contributed by atoms with Crippen LogP contribution in [0.3, 0.4) is 0 Å². The van der Waals surface area contributed by atoms with Crippen molar-refractivity contribution in [3.05, 3.63) is 64.4 Å². The predicted octanol–water partition coefficient (Wildman–Crippen LogP) is 3.09. The van der Waals surface area contributed by atoms with E-state index in [2.05, 4.69) is 33.0 Å². The fourth-order valence-electron chi connectivity index (χ4n) is 1.64. The average molecular weight is 277 g/mol. The van der Waals surface area contributed by atoms with Crippen LogP contribution >= 0.6 is 15.9 Å². The van der Waals surface area contributed by atoms with Gasteiger partial charge in [0, 0.05) is 10.7 Å². The largest absolute Gasteiger partial charge is 0.322 e. The second-order valence-corrected chi connectivity index (χ2v) is 4.52. The molecule has 3 heteroatoms. The lowest BCUT2D eigenvalue weighted by Gasteiger charge is -2.12. The Hall–Kier alpha value is -1.19. The van der Waals surface area contributed by atoms with Crippen molar-refractivity contribution in [1.29, 1.82) is 0 Å². The number of rotatable bonds is 3. The first-order valence-electron chi connectivity index (χ1n) is 5.17. The summed E-state index contributed by atoms with van der Waals surface area (Å²) in [5.74, 6) is 0. The lowest BCUT2D eigenvalue weighted by molar-refractivity contribution is 0.692. The van der Waals surface area contributed by atoms with Gasteiger partial charge in [-0.3, -0.25) is 4.98 Å². The van der Waals surface area contributed by atoms with Crippen LogP contribution in [0.2, 0.25) is 0 Å². The van der Waals surface area contributed by atoms with E-state index in [4.69, 9.17) is 5.73 Å². The van der Waals surface area contributed by atoms with Crippen LogP contribution in [0.15, 0.2) is 53.1 Å². The molecule has 0 saturated heterocycles. The molecule has 0 aliphatic heterocycles. The van der Waals surface area contributed by atoms with Crippen LogP contribution in [-0.4, -0.2) is 4.98 Å². The Balaban J connectivity index is 2.15. The van der Waals surface area contributed by atoms with Gasteiger partial charge in [0.25, 0.3) is 0 Å². The number of hydrogen-bond acceptors (Lipinski definition) is 2. The Morgan fingerprint density at radius 3 is 2.56 bits per heavy atom. The molecule has 2 aromatic rings. The van der Waals surface area contributed by atoms with Crippen molar-refractivity contribution in [1.82, 2.24) is 4.98 Å². The van der Waals surface area contributed by atoms with E-state index in [9.17, 15) is 0 Å². The van der Waals surface area contributed by atoms with E-state index in [1.165, 1.54) is 5.56 Å². The molecule has 0 unspecified atom stereocenters. The second kappa shape index (κ2) is 5.23. The Bertz CT molecular complexity index is 456. The normalized spacial score (nSPS) is 12.4. The zero-order valence-corrected chi connectivity index (χ0v) is 10.4. The van der Waals surface area contributed by atoms with E-state index >= 15 is 0 Å². The van der Waals surface area contributed by atoms with Gasteiger partial charge in [-0.05, 0) is 40.0 Å². The van der Waals surface area contributed by atoms with Gasteiger partial charge in [0.1, 0.15) is 0 Å². The third kappa shape index (κ3) is 2.68. The summed E-state index contributed by atoms with van der Waals surface area (Å²) in [6, 6.07) is 14.0. The maximum Gasteiger partial charge on any atom is 0.0716 e. The summed E-state index contributed by atoms with van der Waals surface area (Å²) >= 11 is 3.47. The lowest BCUT2D eigenvalue weighted by atomic mass is 10.0. The molecular weight excluding hydrogens is 264 g/mol. The maximum atomic E-state index is 6.14. The quantitative estimate of drug-likeness (QED) is 0.936. The minimum Gasteiger partial charge on any atom is -0.322 e. The molecule has 1 aromatic heterocycles. The summed E-state index contributed by atoms with van der Waals surface area (Å²) in [5, 5.41) is 0. The van der Waals surface area contributed by atoms with Gasteiger partial charge in [-0.25, -0.2) is 0 Å². The minimum absolute atomic E-state index is 0.0713. The highest BCUT2D eigenvalue weighted by atomic mass is 79.9. The van der Waals surface area contributed by atoms with Gasteiger partial charge in [-0.15, -0.1) is 0 Å². The van der Waals surface area contributed by atoms with Gasteiger partial charge < -0.3 is 5.73 Å². The number of hydrogen-bond donors (Lipinski definition) is 1. The fourth-order valence-corrected chi connectivity index (χ4v) is 2.18. The Morgan fingerprint density at radius 1 is 1.12 bits per heavy atom.